The summed E-state index contributed by atoms with van der Waals surface area (Å²) in [6.45, 7) is 0. The molecule has 12 aromatic rings. The van der Waals surface area contributed by atoms with Crippen molar-refractivity contribution in [3.8, 4) is 66.8 Å². The SMILES string of the molecule is c1ccc(-c2c3ccccc3c(-c3ccccc3)c3cc(-c4ccc5cc(-c6ccc7c(-c8ccccc8)c8ccccc8c(-c8ccccc8)c7c6)ccc5c4)ccc23)cc1. The Labute approximate surface area is 361 Å². The Bertz CT molecular complexity index is 3400. The van der Waals surface area contributed by atoms with E-state index in [1.54, 1.807) is 0 Å². The molecule has 0 fully saturated rings. The second kappa shape index (κ2) is 14.9. The molecular weight excluding hydrogens is 745 g/mol. The van der Waals surface area contributed by atoms with E-state index in [0.29, 0.717) is 0 Å². The van der Waals surface area contributed by atoms with Crippen LogP contribution in [-0.2, 0) is 0 Å². The third-order valence-corrected chi connectivity index (χ3v) is 12.8. The summed E-state index contributed by atoms with van der Waals surface area (Å²) in [4.78, 5) is 0. The van der Waals surface area contributed by atoms with Crippen LogP contribution in [0, 0.1) is 0 Å². The molecule has 0 N–H and O–H groups in total. The molecule has 0 aliphatic heterocycles. The van der Waals surface area contributed by atoms with Crippen LogP contribution in [0.1, 0.15) is 0 Å². The molecule has 12 rings (SSSR count). The molecule has 0 spiro atoms. The zero-order valence-electron chi connectivity index (χ0n) is 34.1. The molecule has 0 aliphatic rings. The molecule has 0 nitrogen and oxygen atoms in total. The smallest absolute Gasteiger partial charge is 0.00262 e. The number of benzene rings is 12. The number of hydrogen-bond donors (Lipinski definition) is 0. The lowest BCUT2D eigenvalue weighted by Crippen LogP contribution is -1.92. The van der Waals surface area contributed by atoms with Crippen molar-refractivity contribution < 1.29 is 0 Å². The topological polar surface area (TPSA) is 0 Å². The molecule has 0 unspecified atom stereocenters. The molecule has 12 aromatic carbocycles. The van der Waals surface area contributed by atoms with Crippen LogP contribution < -0.4 is 0 Å². The molecule has 288 valence electrons. The maximum atomic E-state index is 2.42. The minimum atomic E-state index is 1.21. The summed E-state index contributed by atoms with van der Waals surface area (Å²) in [5, 5.41) is 12.6. The molecule has 0 radical (unpaired) electrons. The summed E-state index contributed by atoms with van der Waals surface area (Å²) < 4.78 is 0. The molecule has 0 aromatic heterocycles. The number of rotatable bonds is 6. The average Bonchev–Trinajstić information content (AvgIpc) is 3.35. The van der Waals surface area contributed by atoms with Crippen molar-refractivity contribution >= 4 is 53.9 Å². The average molecular weight is 785 g/mol. The first kappa shape index (κ1) is 35.8. The lowest BCUT2D eigenvalue weighted by atomic mass is 9.84. The molecule has 0 amide bonds. The van der Waals surface area contributed by atoms with E-state index in [4.69, 9.17) is 0 Å². The van der Waals surface area contributed by atoms with Crippen molar-refractivity contribution in [1.29, 1.82) is 0 Å². The first-order valence-electron chi connectivity index (χ1n) is 21.5. The van der Waals surface area contributed by atoms with E-state index in [9.17, 15) is 0 Å². The van der Waals surface area contributed by atoms with Crippen molar-refractivity contribution in [1.82, 2.24) is 0 Å². The highest BCUT2D eigenvalue weighted by molar-refractivity contribution is 6.23. The number of fused-ring (bicyclic) bond motifs is 5. The zero-order chi connectivity index (χ0) is 41.0. The van der Waals surface area contributed by atoms with Crippen molar-refractivity contribution in [2.24, 2.45) is 0 Å². The van der Waals surface area contributed by atoms with E-state index in [1.165, 1.54) is 121 Å². The van der Waals surface area contributed by atoms with Crippen LogP contribution in [0.4, 0.5) is 0 Å². The normalized spacial score (nSPS) is 11.5. The van der Waals surface area contributed by atoms with Crippen molar-refractivity contribution in [2.45, 2.75) is 0 Å². The third kappa shape index (κ3) is 5.99. The molecule has 0 heterocycles. The lowest BCUT2D eigenvalue weighted by Gasteiger charge is -2.19. The summed E-state index contributed by atoms with van der Waals surface area (Å²) >= 11 is 0. The monoisotopic (exact) mass is 784 g/mol. The lowest BCUT2D eigenvalue weighted by molar-refractivity contribution is 1.63. The summed E-state index contributed by atoms with van der Waals surface area (Å²) in [7, 11) is 0. The summed E-state index contributed by atoms with van der Waals surface area (Å²) in [5.74, 6) is 0. The van der Waals surface area contributed by atoms with E-state index in [2.05, 4.69) is 243 Å². The van der Waals surface area contributed by atoms with Crippen LogP contribution >= 0.6 is 0 Å². The van der Waals surface area contributed by atoms with Gasteiger partial charge in [0, 0.05) is 0 Å². The molecule has 0 atom stereocenters. The standard InChI is InChI=1S/C62H40/c1-5-17-41(18-6-1)59-51-25-13-15-27-53(51)61(43-21-9-3-10-22-43)57-39-49(33-35-55(57)59)47-31-29-46-38-48(32-30-45(46)37-47)50-34-36-56-58(40-50)62(44-23-11-4-12-24-44)54-28-16-14-26-52(54)60(56)42-19-7-2-8-20-42/h1-40H. The number of hydrogen-bond acceptors (Lipinski definition) is 0. The van der Waals surface area contributed by atoms with Crippen molar-refractivity contribution in [3.63, 3.8) is 0 Å². The second-order valence-electron chi connectivity index (χ2n) is 16.4. The maximum absolute atomic E-state index is 2.42. The van der Waals surface area contributed by atoms with E-state index >= 15 is 0 Å². The molecule has 0 heteroatoms. The van der Waals surface area contributed by atoms with Gasteiger partial charge in [0.25, 0.3) is 0 Å². The zero-order valence-corrected chi connectivity index (χ0v) is 34.1. The fraction of sp³-hybridized carbons (Fsp3) is 0. The Morgan fingerprint density at radius 2 is 0.387 bits per heavy atom. The van der Waals surface area contributed by atoms with Gasteiger partial charge in [0.2, 0.25) is 0 Å². The van der Waals surface area contributed by atoms with Gasteiger partial charge in [-0.25, -0.2) is 0 Å². The molecule has 0 bridgehead atoms. The predicted molar refractivity (Wildman–Crippen MR) is 267 cm³/mol. The second-order valence-corrected chi connectivity index (χ2v) is 16.4. The Balaban J connectivity index is 1.00. The van der Waals surface area contributed by atoms with Gasteiger partial charge in [-0.1, -0.05) is 218 Å². The Kier molecular flexibility index (Phi) is 8.61. The summed E-state index contributed by atoms with van der Waals surface area (Å²) in [6.07, 6.45) is 0. The van der Waals surface area contributed by atoms with Gasteiger partial charge in [-0.2, -0.15) is 0 Å². The first-order chi connectivity index (χ1) is 30.8. The highest BCUT2D eigenvalue weighted by atomic mass is 14.2. The van der Waals surface area contributed by atoms with E-state index in [-0.39, 0.29) is 0 Å². The van der Waals surface area contributed by atoms with E-state index < -0.39 is 0 Å². The van der Waals surface area contributed by atoms with Gasteiger partial charge < -0.3 is 0 Å². The van der Waals surface area contributed by atoms with Crippen molar-refractivity contribution in [3.05, 3.63) is 243 Å². The fourth-order valence-electron chi connectivity index (χ4n) is 9.98. The van der Waals surface area contributed by atoms with Gasteiger partial charge in [-0.3, -0.25) is 0 Å². The van der Waals surface area contributed by atoms with Crippen LogP contribution in [0.25, 0.3) is 121 Å². The molecule has 0 aliphatic carbocycles. The Hall–Kier alpha value is -8.06. The van der Waals surface area contributed by atoms with Gasteiger partial charge in [0.05, 0.1) is 0 Å². The quantitative estimate of drug-likeness (QED) is 0.147. The Morgan fingerprint density at radius 3 is 0.710 bits per heavy atom. The molecular formula is C62H40. The van der Waals surface area contributed by atoms with Crippen LogP contribution in [0.5, 0.6) is 0 Å². The summed E-state index contributed by atoms with van der Waals surface area (Å²) in [5.41, 5.74) is 14.9. The largest absolute Gasteiger partial charge is 0.0622 e. The summed E-state index contributed by atoms with van der Waals surface area (Å²) in [6, 6.07) is 89.2. The van der Waals surface area contributed by atoms with Crippen LogP contribution in [0.2, 0.25) is 0 Å². The van der Waals surface area contributed by atoms with Gasteiger partial charge in [-0.15, -0.1) is 0 Å². The third-order valence-electron chi connectivity index (χ3n) is 12.8. The molecule has 62 heavy (non-hydrogen) atoms. The highest BCUT2D eigenvalue weighted by Crippen LogP contribution is 2.47. The van der Waals surface area contributed by atoms with Crippen LogP contribution in [0.15, 0.2) is 243 Å². The van der Waals surface area contributed by atoms with Crippen molar-refractivity contribution in [2.75, 3.05) is 0 Å². The van der Waals surface area contributed by atoms with Gasteiger partial charge in [-0.05, 0) is 145 Å². The van der Waals surface area contributed by atoms with Gasteiger partial charge in [0.15, 0.2) is 0 Å². The van der Waals surface area contributed by atoms with Gasteiger partial charge >= 0.3 is 0 Å². The van der Waals surface area contributed by atoms with Crippen LogP contribution in [0.3, 0.4) is 0 Å². The van der Waals surface area contributed by atoms with Gasteiger partial charge in [0.1, 0.15) is 0 Å². The fourth-order valence-corrected chi connectivity index (χ4v) is 9.98. The maximum Gasteiger partial charge on any atom is -0.00262 e. The highest BCUT2D eigenvalue weighted by Gasteiger charge is 2.19. The predicted octanol–water partition coefficient (Wildman–Crippen LogP) is 17.5. The van der Waals surface area contributed by atoms with E-state index in [0.717, 1.165) is 0 Å². The molecule has 0 saturated carbocycles. The minimum Gasteiger partial charge on any atom is -0.0622 e. The first-order valence-corrected chi connectivity index (χ1v) is 21.5. The van der Waals surface area contributed by atoms with E-state index in [1.807, 2.05) is 0 Å². The minimum absolute atomic E-state index is 1.21. The Morgan fingerprint density at radius 1 is 0.145 bits per heavy atom. The van der Waals surface area contributed by atoms with Crippen LogP contribution in [-0.4, -0.2) is 0 Å². The molecule has 0 saturated heterocycles.